The zero-order chi connectivity index (χ0) is 95.6. The van der Waals surface area contributed by atoms with Crippen molar-refractivity contribution < 1.29 is 171 Å². The molecule has 5 fully saturated rings. The summed E-state index contributed by atoms with van der Waals surface area (Å²) in [6.45, 7) is 13.2. The minimum absolute atomic E-state index is 0.0170. The summed E-state index contributed by atoms with van der Waals surface area (Å²) in [6, 6.07) is 15.5. The van der Waals surface area contributed by atoms with Gasteiger partial charge in [-0.3, -0.25) is 47.9 Å². The highest BCUT2D eigenvalue weighted by molar-refractivity contribution is 5.98. The SMILES string of the molecule is C=CC(=O)OCCCCOC(=O)C1CCC(C(=O)Oc2ccc(OC(=O)C3CCC(C(=O)Oc4ccc(OC(=O)C5CCC(C(=O)Oc6ccc(OC(=O)C7CCC(C(=O)Oc8ccc(OC(=O)C9CCC(C(=O)OCCCCOC(=O)C=C)CC9)c(C(=O)OCCOCC)c8)CC7)cc6C(=O)OCCOCC)CC5)c(C(=O)OCCOC)c4)CC3)cc2C(=O)OCCOCC)CC1. The average Bonchev–Trinajstić information content (AvgIpc) is 0.809. The van der Waals surface area contributed by atoms with Crippen LogP contribution in [0.25, 0.3) is 0 Å². The van der Waals surface area contributed by atoms with E-state index in [0.29, 0.717) is 96.9 Å². The van der Waals surface area contributed by atoms with Crippen LogP contribution in [-0.2, 0) is 114 Å². The molecular weight excluding hydrogens is 1740 g/mol. The first-order chi connectivity index (χ1) is 64.3. The van der Waals surface area contributed by atoms with Crippen molar-refractivity contribution in [1.29, 1.82) is 0 Å². The zero-order valence-corrected chi connectivity index (χ0v) is 75.5. The molecule has 36 nitrogen and oxygen atoms in total. The molecule has 5 saturated carbocycles. The van der Waals surface area contributed by atoms with Gasteiger partial charge in [-0.2, -0.15) is 0 Å². The highest BCUT2D eigenvalue weighted by Crippen LogP contribution is 2.41. The molecule has 0 bridgehead atoms. The third-order valence-electron chi connectivity index (χ3n) is 23.3. The van der Waals surface area contributed by atoms with Gasteiger partial charge in [0.1, 0.15) is 94.7 Å². The number of carbonyl (C=O) groups excluding carboxylic acids is 16. The van der Waals surface area contributed by atoms with Crippen LogP contribution in [-0.4, -0.2) is 202 Å². The molecule has 9 rings (SSSR count). The van der Waals surface area contributed by atoms with E-state index in [0.717, 1.165) is 12.2 Å². The number of carbonyl (C=O) groups is 16. The first-order valence-electron chi connectivity index (χ1n) is 45.4. The molecule has 4 aromatic carbocycles. The predicted octanol–water partition coefficient (Wildman–Crippen LogP) is 12.6. The van der Waals surface area contributed by atoms with Crippen LogP contribution >= 0.6 is 0 Å². The normalized spacial score (nSPS) is 19.8. The van der Waals surface area contributed by atoms with Crippen molar-refractivity contribution in [2.24, 2.45) is 59.2 Å². The quantitative estimate of drug-likeness (QED) is 0.0130. The van der Waals surface area contributed by atoms with Crippen LogP contribution in [0.3, 0.4) is 0 Å². The third-order valence-corrected chi connectivity index (χ3v) is 23.3. The molecule has 0 aliphatic heterocycles. The minimum Gasteiger partial charge on any atom is -0.465 e. The molecule has 0 saturated heterocycles. The van der Waals surface area contributed by atoms with Crippen molar-refractivity contribution in [1.82, 2.24) is 0 Å². The smallest absolute Gasteiger partial charge is 0.342 e. The molecule has 722 valence electrons. The molecule has 0 atom stereocenters. The van der Waals surface area contributed by atoms with E-state index in [1.807, 2.05) is 0 Å². The number of benzene rings is 4. The molecule has 0 heterocycles. The van der Waals surface area contributed by atoms with Gasteiger partial charge in [-0.1, -0.05) is 13.2 Å². The van der Waals surface area contributed by atoms with Crippen molar-refractivity contribution in [3.8, 4) is 46.0 Å². The fraction of sp³-hybridized carbons (Fsp3) is 0.546. The Balaban J connectivity index is 0.738. The maximum absolute atomic E-state index is 14.0. The lowest BCUT2D eigenvalue weighted by Crippen LogP contribution is -2.31. The number of rotatable bonds is 49. The standard InChI is InChI=1S/C97H118O36/c1-7-82(98)118-44-12-14-46-120-84(100)60-16-20-66(21-17-60)90(106)131-79-41-37-71(57-75(79)95(111)123-53-49-115-9-3)127-87(103)63-26-24-62(25-27-63)86(102)126-70-36-40-78(74(56-70)94(110)122-52-48-114-6)130-92(108)68-32-34-69(35-33-68)93(109)133-81-43-39-73(59-77(81)97(113)125-55-51-117-11-5)129-89(105)65-30-28-64(29-31-65)88(104)128-72-38-42-80(76(58-72)96(112)124-54-50-116-10-4)132-91(107)67-22-18-61(19-23-67)85(101)121-47-15-13-45-119-83(99)8-2/h7-8,36-43,56-69H,1-2,9-35,44-55H2,3-6H3. The van der Waals surface area contributed by atoms with E-state index in [4.69, 9.17) is 94.7 Å². The van der Waals surface area contributed by atoms with Gasteiger partial charge in [-0.15, -0.1) is 0 Å². The Morgan fingerprint density at radius 3 is 0.647 bits per heavy atom. The average molecular weight is 1860 g/mol. The lowest BCUT2D eigenvalue weighted by Gasteiger charge is -2.27. The maximum atomic E-state index is 14.0. The van der Waals surface area contributed by atoms with Crippen molar-refractivity contribution in [2.75, 3.05) is 106 Å². The Kier molecular flexibility index (Phi) is 43.4. The van der Waals surface area contributed by atoms with Gasteiger partial charge < -0.3 is 94.7 Å². The highest BCUT2D eigenvalue weighted by Gasteiger charge is 2.40. The van der Waals surface area contributed by atoms with Crippen molar-refractivity contribution in [3.63, 3.8) is 0 Å². The number of unbranched alkanes of at least 4 members (excludes halogenated alkanes) is 2. The Labute approximate surface area is 770 Å². The zero-order valence-electron chi connectivity index (χ0n) is 75.5. The highest BCUT2D eigenvalue weighted by atomic mass is 16.6. The molecule has 133 heavy (non-hydrogen) atoms. The second-order valence-electron chi connectivity index (χ2n) is 32.4. The molecule has 36 heteroatoms. The van der Waals surface area contributed by atoms with Crippen molar-refractivity contribution in [2.45, 2.75) is 175 Å². The lowest BCUT2D eigenvalue weighted by atomic mass is 9.82. The predicted molar refractivity (Wildman–Crippen MR) is 463 cm³/mol. The minimum atomic E-state index is -0.937. The maximum Gasteiger partial charge on any atom is 0.342 e. The largest absolute Gasteiger partial charge is 0.465 e. The monoisotopic (exact) mass is 1860 g/mol. The number of ether oxygens (including phenoxy) is 20. The molecule has 0 unspecified atom stereocenters. The van der Waals surface area contributed by atoms with Gasteiger partial charge in [0, 0.05) is 39.1 Å². The second-order valence-corrected chi connectivity index (χ2v) is 32.4. The van der Waals surface area contributed by atoms with Crippen molar-refractivity contribution in [3.05, 3.63) is 120 Å². The molecule has 4 aromatic rings. The molecule has 0 radical (unpaired) electrons. The van der Waals surface area contributed by atoms with E-state index in [-0.39, 0.29) is 231 Å². The van der Waals surface area contributed by atoms with E-state index in [1.54, 1.807) is 20.8 Å². The van der Waals surface area contributed by atoms with E-state index >= 15 is 0 Å². The molecule has 0 amide bonds. The van der Waals surface area contributed by atoms with Crippen LogP contribution in [0.5, 0.6) is 46.0 Å². The summed E-state index contributed by atoms with van der Waals surface area (Å²) >= 11 is 0. The summed E-state index contributed by atoms with van der Waals surface area (Å²) in [6.07, 6.45) is 8.83. The van der Waals surface area contributed by atoms with Crippen LogP contribution in [0.4, 0.5) is 0 Å². The molecule has 0 aromatic heterocycles. The molecule has 5 aliphatic rings. The Morgan fingerprint density at radius 2 is 0.444 bits per heavy atom. The fourth-order valence-corrected chi connectivity index (χ4v) is 15.7. The first kappa shape index (κ1) is 104. The van der Waals surface area contributed by atoms with Gasteiger partial charge in [0.15, 0.2) is 0 Å². The van der Waals surface area contributed by atoms with E-state index < -0.39 is 149 Å². The summed E-state index contributed by atoms with van der Waals surface area (Å²) in [7, 11) is 1.40. The number of esters is 16. The molecule has 5 aliphatic carbocycles. The lowest BCUT2D eigenvalue weighted by molar-refractivity contribution is -0.152. The Hall–Kier alpha value is -12.3. The number of hydrogen-bond donors (Lipinski definition) is 0. The first-order valence-corrected chi connectivity index (χ1v) is 45.4. The summed E-state index contributed by atoms with van der Waals surface area (Å²) in [5, 5.41) is 0. The third kappa shape index (κ3) is 33.4. The summed E-state index contributed by atoms with van der Waals surface area (Å²) in [4.78, 5) is 213. The second kappa shape index (κ2) is 55.3. The summed E-state index contributed by atoms with van der Waals surface area (Å²) in [5.41, 5.74) is -0.912. The Bertz CT molecular complexity index is 4680. The van der Waals surface area contributed by atoms with E-state index in [1.165, 1.54) is 79.9 Å². The fourth-order valence-electron chi connectivity index (χ4n) is 15.7. The molecule has 0 spiro atoms. The number of hydrogen-bond acceptors (Lipinski definition) is 36. The van der Waals surface area contributed by atoms with Crippen LogP contribution in [0.15, 0.2) is 98.1 Å². The summed E-state index contributed by atoms with van der Waals surface area (Å²) in [5.74, 6) is -18.3. The summed E-state index contributed by atoms with van der Waals surface area (Å²) < 4.78 is 110. The molecular formula is C97H118O36. The van der Waals surface area contributed by atoms with Gasteiger partial charge in [0.05, 0.1) is 112 Å². The van der Waals surface area contributed by atoms with Crippen LogP contribution in [0.2, 0.25) is 0 Å². The van der Waals surface area contributed by atoms with E-state index in [9.17, 15) is 76.7 Å². The van der Waals surface area contributed by atoms with Gasteiger partial charge in [0.25, 0.3) is 0 Å². The number of methoxy groups -OCH3 is 1. The van der Waals surface area contributed by atoms with Gasteiger partial charge in [-0.25, -0.2) is 28.8 Å². The molecule has 0 N–H and O–H groups in total. The van der Waals surface area contributed by atoms with Crippen LogP contribution in [0.1, 0.15) is 216 Å². The van der Waals surface area contributed by atoms with Crippen LogP contribution < -0.4 is 37.9 Å². The van der Waals surface area contributed by atoms with E-state index in [2.05, 4.69) is 13.2 Å². The van der Waals surface area contributed by atoms with Gasteiger partial charge >= 0.3 is 95.5 Å². The topological polar surface area (TPSA) is 458 Å². The van der Waals surface area contributed by atoms with Crippen molar-refractivity contribution >= 4 is 95.5 Å². The Morgan fingerprint density at radius 1 is 0.248 bits per heavy atom. The van der Waals surface area contributed by atoms with Crippen LogP contribution in [0, 0.1) is 59.2 Å². The van der Waals surface area contributed by atoms with Gasteiger partial charge in [-0.05, 0) is 248 Å². The van der Waals surface area contributed by atoms with Gasteiger partial charge in [0.2, 0.25) is 0 Å².